The minimum Gasteiger partial charge on any atom is -0.330 e. The summed E-state index contributed by atoms with van der Waals surface area (Å²) in [7, 11) is 0. The number of fused-ring (bicyclic) bond motifs is 2. The molecule has 3 aromatic heterocycles. The molecule has 2 amide bonds. The van der Waals surface area contributed by atoms with E-state index in [9.17, 15) is 18.8 Å². The van der Waals surface area contributed by atoms with Crippen molar-refractivity contribution < 1.29 is 14.0 Å². The van der Waals surface area contributed by atoms with E-state index >= 15 is 0 Å². The Labute approximate surface area is 200 Å². The quantitative estimate of drug-likeness (QED) is 0.562. The first-order valence-corrected chi connectivity index (χ1v) is 10.9. The molecule has 0 aromatic carbocycles. The summed E-state index contributed by atoms with van der Waals surface area (Å²) in [5.41, 5.74) is 1.34. The molecule has 2 aliphatic heterocycles. The van der Waals surface area contributed by atoms with Crippen LogP contribution < -0.4 is 16.2 Å². The Morgan fingerprint density at radius 2 is 2.12 bits per heavy atom. The van der Waals surface area contributed by atoms with Gasteiger partial charge in [-0.2, -0.15) is 9.61 Å². The lowest BCUT2D eigenvalue weighted by molar-refractivity contribution is -0.116. The Hall–Kier alpha value is -3.31. The minimum absolute atomic E-state index is 0. The second-order valence-corrected chi connectivity index (χ2v) is 8.68. The lowest BCUT2D eigenvalue weighted by Crippen LogP contribution is -2.32. The number of hydrogen-bond acceptors (Lipinski definition) is 6. The lowest BCUT2D eigenvalue weighted by Gasteiger charge is -2.20. The van der Waals surface area contributed by atoms with Gasteiger partial charge in [-0.1, -0.05) is 0 Å². The van der Waals surface area contributed by atoms with Crippen LogP contribution in [0.4, 0.5) is 10.2 Å². The molecule has 5 rings (SSSR count). The molecule has 0 radical (unpaired) electrons. The Morgan fingerprint density at radius 3 is 2.76 bits per heavy atom. The van der Waals surface area contributed by atoms with Crippen LogP contribution in [0, 0.1) is 5.82 Å². The molecule has 0 unspecified atom stereocenters. The normalized spacial score (nSPS) is 17.4. The van der Waals surface area contributed by atoms with E-state index < -0.39 is 11.7 Å². The van der Waals surface area contributed by atoms with Gasteiger partial charge >= 0.3 is 0 Å². The second kappa shape index (κ2) is 9.15. The van der Waals surface area contributed by atoms with Crippen molar-refractivity contribution in [1.29, 1.82) is 0 Å². The second-order valence-electron chi connectivity index (χ2n) is 8.68. The summed E-state index contributed by atoms with van der Waals surface area (Å²) in [6.07, 6.45) is 1.91. The molecule has 34 heavy (non-hydrogen) atoms. The number of pyridine rings is 1. The summed E-state index contributed by atoms with van der Waals surface area (Å²) < 4.78 is 16.0. The largest absolute Gasteiger partial charge is 0.330 e. The maximum Gasteiger partial charge on any atom is 0.280 e. The standard InChI is InChI=1S/C22H24FN7O3.ClH/c1-12(2)28-10-15-20(22(28)33)29(11-18(31)26-17-4-3-14(23)9-25-17)19-7-16(13-5-6-24-8-13)27-30(19)21(15)32;/h3-4,7,9,12-13,24H,5-6,8,10-11H2,1-2H3,(H,25,26,31);1H/t13-;/m1./s1. The fourth-order valence-electron chi connectivity index (χ4n) is 4.46. The molecule has 1 saturated heterocycles. The van der Waals surface area contributed by atoms with Crippen LogP contribution in [0.15, 0.2) is 29.2 Å². The van der Waals surface area contributed by atoms with Crippen molar-refractivity contribution in [2.45, 2.75) is 45.3 Å². The average molecular weight is 490 g/mol. The Bertz CT molecular complexity index is 1310. The van der Waals surface area contributed by atoms with E-state index in [2.05, 4.69) is 20.7 Å². The molecule has 0 saturated carbocycles. The van der Waals surface area contributed by atoms with Crippen molar-refractivity contribution in [3.63, 3.8) is 0 Å². The van der Waals surface area contributed by atoms with Crippen LogP contribution >= 0.6 is 12.4 Å². The van der Waals surface area contributed by atoms with Gasteiger partial charge in [0.2, 0.25) is 5.91 Å². The highest BCUT2D eigenvalue weighted by Gasteiger charge is 2.36. The maximum atomic E-state index is 13.3. The Morgan fingerprint density at radius 1 is 1.32 bits per heavy atom. The van der Waals surface area contributed by atoms with E-state index in [0.29, 0.717) is 11.2 Å². The first-order valence-electron chi connectivity index (χ1n) is 10.9. The SMILES string of the molecule is CC(C)N1Cc2c(n(CC(=O)Nc3ccc(F)cn3)c3cc([C@@H]4CCNC4)nn3c2=O)C1=O.Cl. The first kappa shape index (κ1) is 23.8. The molecule has 0 spiro atoms. The molecule has 180 valence electrons. The predicted molar refractivity (Wildman–Crippen MR) is 125 cm³/mol. The number of amides is 2. The van der Waals surface area contributed by atoms with Crippen LogP contribution in [0.2, 0.25) is 0 Å². The van der Waals surface area contributed by atoms with E-state index in [1.54, 1.807) is 15.5 Å². The van der Waals surface area contributed by atoms with Gasteiger partial charge in [-0.25, -0.2) is 9.37 Å². The molecule has 3 aromatic rings. The van der Waals surface area contributed by atoms with Crippen LogP contribution in [0.3, 0.4) is 0 Å². The van der Waals surface area contributed by atoms with Gasteiger partial charge < -0.3 is 20.1 Å². The Balaban J connectivity index is 0.00000274. The summed E-state index contributed by atoms with van der Waals surface area (Å²) in [5.74, 6) is -0.912. The van der Waals surface area contributed by atoms with Gasteiger partial charge in [0.15, 0.2) is 0 Å². The highest BCUT2D eigenvalue weighted by atomic mass is 35.5. The summed E-state index contributed by atoms with van der Waals surface area (Å²) in [4.78, 5) is 44.8. The third-order valence-corrected chi connectivity index (χ3v) is 6.18. The van der Waals surface area contributed by atoms with Crippen LogP contribution in [0.5, 0.6) is 0 Å². The average Bonchev–Trinajstić information content (AvgIpc) is 3.51. The number of carbonyl (C=O) groups excluding carboxylic acids is 2. The molecular weight excluding hydrogens is 465 g/mol. The zero-order chi connectivity index (χ0) is 23.3. The van der Waals surface area contributed by atoms with E-state index in [4.69, 9.17) is 0 Å². The highest BCUT2D eigenvalue weighted by Crippen LogP contribution is 2.27. The zero-order valence-electron chi connectivity index (χ0n) is 18.7. The summed E-state index contributed by atoms with van der Waals surface area (Å²) in [6, 6.07) is 4.23. The van der Waals surface area contributed by atoms with Gasteiger partial charge in [-0.05, 0) is 38.9 Å². The zero-order valence-corrected chi connectivity index (χ0v) is 19.6. The molecule has 10 nitrogen and oxygen atoms in total. The van der Waals surface area contributed by atoms with Gasteiger partial charge in [-0.15, -0.1) is 12.4 Å². The van der Waals surface area contributed by atoms with Crippen LogP contribution in [0.25, 0.3) is 5.65 Å². The lowest BCUT2D eigenvalue weighted by atomic mass is 10.1. The number of nitrogens with one attached hydrogen (secondary N) is 2. The highest BCUT2D eigenvalue weighted by molar-refractivity contribution is 5.98. The van der Waals surface area contributed by atoms with Gasteiger partial charge in [-0.3, -0.25) is 14.4 Å². The topological polar surface area (TPSA) is 114 Å². The molecule has 5 heterocycles. The number of anilines is 1. The third-order valence-electron chi connectivity index (χ3n) is 6.18. The number of aromatic nitrogens is 4. The summed E-state index contributed by atoms with van der Waals surface area (Å²) >= 11 is 0. The van der Waals surface area contributed by atoms with Gasteiger partial charge in [0.05, 0.1) is 24.0 Å². The van der Waals surface area contributed by atoms with E-state index in [0.717, 1.165) is 31.4 Å². The summed E-state index contributed by atoms with van der Waals surface area (Å²) in [5, 5.41) is 10.5. The summed E-state index contributed by atoms with van der Waals surface area (Å²) in [6.45, 7) is 5.32. The van der Waals surface area contributed by atoms with Crippen LogP contribution in [-0.4, -0.2) is 55.0 Å². The van der Waals surface area contributed by atoms with Crippen LogP contribution in [-0.2, 0) is 17.9 Å². The van der Waals surface area contributed by atoms with E-state index in [1.165, 1.54) is 16.6 Å². The third kappa shape index (κ3) is 4.05. The number of halogens is 2. The van der Waals surface area contributed by atoms with Crippen molar-refractivity contribution in [3.05, 3.63) is 57.5 Å². The predicted octanol–water partition coefficient (Wildman–Crippen LogP) is 1.53. The van der Waals surface area contributed by atoms with E-state index in [1.807, 2.05) is 13.8 Å². The van der Waals surface area contributed by atoms with Crippen molar-refractivity contribution in [2.24, 2.45) is 0 Å². The maximum absolute atomic E-state index is 13.3. The number of hydrogen-bond donors (Lipinski definition) is 2. The molecular formula is C22H25ClFN7O3. The van der Waals surface area contributed by atoms with Gasteiger partial charge in [0, 0.05) is 24.6 Å². The van der Waals surface area contributed by atoms with Crippen molar-refractivity contribution >= 4 is 35.7 Å². The monoisotopic (exact) mass is 489 g/mol. The minimum atomic E-state index is -0.513. The molecule has 2 N–H and O–H groups in total. The van der Waals surface area contributed by atoms with Crippen molar-refractivity contribution in [1.82, 2.24) is 29.4 Å². The molecule has 1 fully saturated rings. The van der Waals surface area contributed by atoms with Gasteiger partial charge in [0.25, 0.3) is 11.5 Å². The van der Waals surface area contributed by atoms with Crippen LogP contribution in [0.1, 0.15) is 47.9 Å². The number of rotatable bonds is 5. The molecule has 2 aliphatic rings. The smallest absolute Gasteiger partial charge is 0.280 e. The fourth-order valence-corrected chi connectivity index (χ4v) is 4.46. The number of carbonyl (C=O) groups is 2. The van der Waals surface area contributed by atoms with Crippen molar-refractivity contribution in [3.8, 4) is 0 Å². The molecule has 0 bridgehead atoms. The van der Waals surface area contributed by atoms with Crippen molar-refractivity contribution in [2.75, 3.05) is 18.4 Å². The van der Waals surface area contributed by atoms with E-state index in [-0.39, 0.29) is 60.4 Å². The molecule has 1 atom stereocenters. The number of nitrogens with zero attached hydrogens (tertiary/aromatic N) is 5. The molecule has 0 aliphatic carbocycles. The first-order chi connectivity index (χ1) is 15.8. The van der Waals surface area contributed by atoms with Gasteiger partial charge in [0.1, 0.15) is 29.5 Å². The fraction of sp³-hybridized carbons (Fsp3) is 0.409. The Kier molecular flexibility index (Phi) is 6.41. The molecule has 12 heteroatoms.